The van der Waals surface area contributed by atoms with Crippen LogP contribution in [0.2, 0.25) is 0 Å². The van der Waals surface area contributed by atoms with E-state index in [0.29, 0.717) is 11.8 Å². The molecule has 0 saturated heterocycles. The Hall–Kier alpha value is -1.85. The Bertz CT molecular complexity index is 444. The highest BCUT2D eigenvalue weighted by molar-refractivity contribution is 5.73. The van der Waals surface area contributed by atoms with Crippen molar-refractivity contribution in [3.8, 4) is 0 Å². The van der Waals surface area contributed by atoms with Crippen molar-refractivity contribution in [2.45, 2.75) is 31.7 Å². The van der Waals surface area contributed by atoms with Crippen molar-refractivity contribution in [1.82, 2.24) is 9.97 Å². The fourth-order valence-electron chi connectivity index (χ4n) is 2.47. The van der Waals surface area contributed by atoms with Gasteiger partial charge in [0.1, 0.15) is 12.4 Å². The molecular weight excluding hydrogens is 244 g/mol. The quantitative estimate of drug-likeness (QED) is 0.866. The average molecular weight is 264 g/mol. The van der Waals surface area contributed by atoms with Gasteiger partial charge < -0.3 is 14.9 Å². The molecule has 0 aromatic carbocycles. The minimum Gasteiger partial charge on any atom is -0.480 e. The van der Waals surface area contributed by atoms with Crippen LogP contribution < -0.4 is 9.80 Å². The summed E-state index contributed by atoms with van der Waals surface area (Å²) in [7, 11) is 3.74. The highest BCUT2D eigenvalue weighted by Crippen LogP contribution is 2.27. The maximum absolute atomic E-state index is 11.1. The molecule has 1 N–H and O–H groups in total. The van der Waals surface area contributed by atoms with Crippen molar-refractivity contribution < 1.29 is 9.90 Å². The van der Waals surface area contributed by atoms with Crippen LogP contribution in [0.5, 0.6) is 0 Å². The molecule has 0 atom stereocenters. The van der Waals surface area contributed by atoms with Crippen molar-refractivity contribution in [3.05, 3.63) is 12.3 Å². The second kappa shape index (κ2) is 5.86. The van der Waals surface area contributed by atoms with E-state index in [2.05, 4.69) is 9.97 Å². The topological polar surface area (TPSA) is 69.6 Å². The largest absolute Gasteiger partial charge is 0.480 e. The number of carbonyl (C=O) groups is 1. The van der Waals surface area contributed by atoms with Crippen LogP contribution in [0.15, 0.2) is 12.3 Å². The van der Waals surface area contributed by atoms with Crippen molar-refractivity contribution in [2.75, 3.05) is 30.4 Å². The van der Waals surface area contributed by atoms with Crippen LogP contribution in [0.3, 0.4) is 0 Å². The van der Waals surface area contributed by atoms with E-state index < -0.39 is 5.97 Å². The number of carboxylic acid groups (broad SMARTS) is 1. The zero-order valence-corrected chi connectivity index (χ0v) is 11.4. The molecule has 6 nitrogen and oxygen atoms in total. The molecule has 1 fully saturated rings. The minimum absolute atomic E-state index is 0.00541. The van der Waals surface area contributed by atoms with Gasteiger partial charge in [0.05, 0.1) is 0 Å². The number of carboxylic acids is 1. The number of anilines is 2. The molecule has 19 heavy (non-hydrogen) atoms. The standard InChI is InChI=1S/C13H20N4O2/c1-16(2)13-14-8-7-11(15-13)17(9-12(18)19)10-5-3-4-6-10/h7-8,10H,3-6,9H2,1-2H3,(H,18,19). The van der Waals surface area contributed by atoms with Crippen LogP contribution >= 0.6 is 0 Å². The lowest BCUT2D eigenvalue weighted by atomic mass is 10.2. The summed E-state index contributed by atoms with van der Waals surface area (Å²) in [5.41, 5.74) is 0. The lowest BCUT2D eigenvalue weighted by molar-refractivity contribution is -0.135. The summed E-state index contributed by atoms with van der Waals surface area (Å²) in [5.74, 6) is 0.482. The van der Waals surface area contributed by atoms with Gasteiger partial charge >= 0.3 is 5.97 Å². The molecule has 1 saturated carbocycles. The zero-order chi connectivity index (χ0) is 13.8. The molecule has 1 aliphatic rings. The van der Waals surface area contributed by atoms with Crippen molar-refractivity contribution >= 4 is 17.7 Å². The molecule has 104 valence electrons. The van der Waals surface area contributed by atoms with Gasteiger partial charge in [-0.25, -0.2) is 4.98 Å². The summed E-state index contributed by atoms with van der Waals surface area (Å²) in [5, 5.41) is 9.09. The molecular formula is C13H20N4O2. The van der Waals surface area contributed by atoms with E-state index in [0.717, 1.165) is 25.7 Å². The van der Waals surface area contributed by atoms with Gasteiger partial charge in [-0.05, 0) is 18.9 Å². The van der Waals surface area contributed by atoms with Gasteiger partial charge in [-0.3, -0.25) is 4.79 Å². The Morgan fingerprint density at radius 1 is 1.42 bits per heavy atom. The highest BCUT2D eigenvalue weighted by Gasteiger charge is 2.25. The van der Waals surface area contributed by atoms with Crippen LogP contribution in [0.1, 0.15) is 25.7 Å². The van der Waals surface area contributed by atoms with Crippen LogP contribution in [0, 0.1) is 0 Å². The van der Waals surface area contributed by atoms with Crippen molar-refractivity contribution in [1.29, 1.82) is 0 Å². The highest BCUT2D eigenvalue weighted by atomic mass is 16.4. The maximum Gasteiger partial charge on any atom is 0.323 e. The van der Waals surface area contributed by atoms with E-state index in [4.69, 9.17) is 5.11 Å². The average Bonchev–Trinajstić information content (AvgIpc) is 2.89. The number of hydrogen-bond acceptors (Lipinski definition) is 5. The smallest absolute Gasteiger partial charge is 0.323 e. The molecule has 0 aliphatic heterocycles. The first-order valence-corrected chi connectivity index (χ1v) is 6.56. The molecule has 0 bridgehead atoms. The molecule has 1 aromatic heterocycles. The molecule has 2 rings (SSSR count). The number of aliphatic carboxylic acids is 1. The second-order valence-electron chi connectivity index (χ2n) is 5.07. The molecule has 0 amide bonds. The predicted molar refractivity (Wildman–Crippen MR) is 73.6 cm³/mol. The fraction of sp³-hybridized carbons (Fsp3) is 0.615. The van der Waals surface area contributed by atoms with E-state index >= 15 is 0 Å². The van der Waals surface area contributed by atoms with E-state index in [9.17, 15) is 4.79 Å². The maximum atomic E-state index is 11.1. The first kappa shape index (κ1) is 13.6. The van der Waals surface area contributed by atoms with Gasteiger partial charge in [0, 0.05) is 26.3 Å². The zero-order valence-electron chi connectivity index (χ0n) is 11.4. The Kier molecular flexibility index (Phi) is 4.19. The van der Waals surface area contributed by atoms with Gasteiger partial charge in [-0.2, -0.15) is 4.98 Å². The predicted octanol–water partition coefficient (Wildman–Crippen LogP) is 1.38. The lowest BCUT2D eigenvalue weighted by Gasteiger charge is -2.28. The Labute approximate surface area is 113 Å². The molecule has 6 heteroatoms. The van der Waals surface area contributed by atoms with Crippen LogP contribution in [-0.2, 0) is 4.79 Å². The third kappa shape index (κ3) is 3.33. The van der Waals surface area contributed by atoms with Gasteiger partial charge in [-0.1, -0.05) is 12.8 Å². The Morgan fingerprint density at radius 2 is 2.11 bits per heavy atom. The van der Waals surface area contributed by atoms with Gasteiger partial charge in [-0.15, -0.1) is 0 Å². The van der Waals surface area contributed by atoms with Crippen LogP contribution in [0.25, 0.3) is 0 Å². The lowest BCUT2D eigenvalue weighted by Crippen LogP contribution is -2.38. The number of aromatic nitrogens is 2. The SMILES string of the molecule is CN(C)c1nccc(N(CC(=O)O)C2CCCC2)n1. The Morgan fingerprint density at radius 3 is 2.68 bits per heavy atom. The number of hydrogen-bond donors (Lipinski definition) is 1. The van der Waals surface area contributed by atoms with Crippen LogP contribution in [-0.4, -0.2) is 47.7 Å². The summed E-state index contributed by atoms with van der Waals surface area (Å²) in [6.07, 6.45) is 6.07. The summed E-state index contributed by atoms with van der Waals surface area (Å²) in [4.78, 5) is 23.4. The first-order chi connectivity index (χ1) is 9.08. The van der Waals surface area contributed by atoms with E-state index in [1.54, 1.807) is 12.3 Å². The molecule has 1 aliphatic carbocycles. The first-order valence-electron chi connectivity index (χ1n) is 6.56. The van der Waals surface area contributed by atoms with Gasteiger partial charge in [0.2, 0.25) is 5.95 Å². The normalized spacial score (nSPS) is 15.5. The van der Waals surface area contributed by atoms with Crippen LogP contribution in [0.4, 0.5) is 11.8 Å². The van der Waals surface area contributed by atoms with E-state index in [-0.39, 0.29) is 12.6 Å². The molecule has 0 spiro atoms. The second-order valence-corrected chi connectivity index (χ2v) is 5.07. The van der Waals surface area contributed by atoms with Gasteiger partial charge in [0.25, 0.3) is 0 Å². The van der Waals surface area contributed by atoms with Gasteiger partial charge in [0.15, 0.2) is 0 Å². The summed E-state index contributed by atoms with van der Waals surface area (Å²) in [6, 6.07) is 2.06. The van der Waals surface area contributed by atoms with Crippen molar-refractivity contribution in [2.24, 2.45) is 0 Å². The minimum atomic E-state index is -0.822. The molecule has 0 radical (unpaired) electrons. The fourth-order valence-corrected chi connectivity index (χ4v) is 2.47. The van der Waals surface area contributed by atoms with Crippen molar-refractivity contribution in [3.63, 3.8) is 0 Å². The number of rotatable bonds is 5. The molecule has 1 aromatic rings. The summed E-state index contributed by atoms with van der Waals surface area (Å²) >= 11 is 0. The summed E-state index contributed by atoms with van der Waals surface area (Å²) in [6.45, 7) is -0.00541. The summed E-state index contributed by atoms with van der Waals surface area (Å²) < 4.78 is 0. The monoisotopic (exact) mass is 264 g/mol. The van der Waals surface area contributed by atoms with E-state index in [1.165, 1.54) is 0 Å². The molecule has 0 unspecified atom stereocenters. The third-order valence-corrected chi connectivity index (χ3v) is 3.39. The Balaban J connectivity index is 2.25. The molecule has 1 heterocycles. The number of nitrogens with zero attached hydrogens (tertiary/aromatic N) is 4. The van der Waals surface area contributed by atoms with E-state index in [1.807, 2.05) is 23.9 Å². The third-order valence-electron chi connectivity index (χ3n) is 3.39.